The number of aromatic nitrogens is 2. The van der Waals surface area contributed by atoms with Crippen molar-refractivity contribution in [1.82, 2.24) is 9.55 Å². The molecule has 0 spiro atoms. The molecule has 2 unspecified atom stereocenters. The molecule has 1 fully saturated rings. The zero-order valence-electron chi connectivity index (χ0n) is 25.4. The third kappa shape index (κ3) is 5.74. The molecule has 0 bridgehead atoms. The van der Waals surface area contributed by atoms with Crippen molar-refractivity contribution in [2.24, 2.45) is 7.05 Å². The summed E-state index contributed by atoms with van der Waals surface area (Å²) in [6, 6.07) is 10.8. The molecule has 2 aromatic carbocycles. The van der Waals surface area contributed by atoms with Gasteiger partial charge in [0.25, 0.3) is 0 Å². The van der Waals surface area contributed by atoms with Crippen molar-refractivity contribution in [3.63, 3.8) is 0 Å². The fourth-order valence-electron chi connectivity index (χ4n) is 5.56. The molecule has 1 aromatic heterocycles. The molecule has 0 amide bonds. The number of hydrogen-bond acceptors (Lipinski definition) is 9. The first-order valence-corrected chi connectivity index (χ1v) is 15.1. The minimum atomic E-state index is -1.32. The van der Waals surface area contributed by atoms with Crippen molar-refractivity contribution in [1.29, 1.82) is 0 Å². The number of aliphatic carboxylic acids is 1. The first kappa shape index (κ1) is 30.6. The maximum atomic E-state index is 13.4. The van der Waals surface area contributed by atoms with Crippen molar-refractivity contribution in [3.8, 4) is 23.0 Å². The Hall–Kier alpha value is -3.86. The van der Waals surface area contributed by atoms with E-state index in [1.54, 1.807) is 45.2 Å². The molecule has 0 radical (unpaired) electrons. The smallest absolute Gasteiger partial charge is 0.344 e. The second kappa shape index (κ2) is 11.7. The molecular formula is C32H38N2O8S. The Balaban J connectivity index is 1.63. The number of hydrogen-bond donors (Lipinski definition) is 1. The highest BCUT2D eigenvalue weighted by atomic mass is 32.2. The Morgan fingerprint density at radius 3 is 2.60 bits per heavy atom. The van der Waals surface area contributed by atoms with Gasteiger partial charge < -0.3 is 33.4 Å². The Morgan fingerprint density at radius 2 is 1.91 bits per heavy atom. The van der Waals surface area contributed by atoms with Crippen LogP contribution in [0.2, 0.25) is 0 Å². The molecule has 1 N–H and O–H groups in total. The number of carboxylic acids is 1. The van der Waals surface area contributed by atoms with Gasteiger partial charge in [-0.05, 0) is 57.0 Å². The van der Waals surface area contributed by atoms with E-state index in [2.05, 4.69) is 6.92 Å². The summed E-state index contributed by atoms with van der Waals surface area (Å²) >= 11 is 1.33. The average molecular weight is 611 g/mol. The number of carbonyl (C=O) groups excluding carboxylic acids is 1. The van der Waals surface area contributed by atoms with E-state index in [1.165, 1.54) is 18.9 Å². The fraction of sp³-hybridized carbons (Fsp3) is 0.469. The number of carboxylic acid groups (broad SMARTS) is 1. The van der Waals surface area contributed by atoms with Gasteiger partial charge in [0, 0.05) is 31.5 Å². The number of fused-ring (bicyclic) bond motifs is 1. The van der Waals surface area contributed by atoms with Gasteiger partial charge >= 0.3 is 11.9 Å². The Kier molecular flexibility index (Phi) is 8.30. The number of thioether (sulfide) groups is 1. The van der Waals surface area contributed by atoms with Crippen LogP contribution in [0.4, 0.5) is 0 Å². The van der Waals surface area contributed by atoms with E-state index in [0.29, 0.717) is 28.6 Å². The topological polar surface area (TPSA) is 118 Å². The highest BCUT2D eigenvalue weighted by Gasteiger charge is 2.77. The van der Waals surface area contributed by atoms with E-state index in [0.717, 1.165) is 36.3 Å². The van der Waals surface area contributed by atoms with E-state index in [1.807, 2.05) is 29.8 Å². The zero-order chi connectivity index (χ0) is 31.0. The van der Waals surface area contributed by atoms with Crippen LogP contribution < -0.4 is 18.9 Å². The van der Waals surface area contributed by atoms with Crippen LogP contribution in [-0.2, 0) is 39.0 Å². The molecular weight excluding hydrogens is 572 g/mol. The number of esters is 1. The van der Waals surface area contributed by atoms with Gasteiger partial charge in [-0.1, -0.05) is 19.4 Å². The second-order valence-electron chi connectivity index (χ2n) is 11.7. The highest BCUT2D eigenvalue weighted by molar-refractivity contribution is 8.10. The predicted molar refractivity (Wildman–Crippen MR) is 161 cm³/mol. The van der Waals surface area contributed by atoms with Crippen LogP contribution in [0.5, 0.6) is 23.0 Å². The van der Waals surface area contributed by atoms with Crippen molar-refractivity contribution in [2.45, 2.75) is 68.5 Å². The number of ether oxygens (including phenoxy) is 5. The van der Waals surface area contributed by atoms with Crippen LogP contribution in [0.15, 0.2) is 42.6 Å². The third-order valence-electron chi connectivity index (χ3n) is 7.62. The normalized spacial score (nSPS) is 20.5. The lowest BCUT2D eigenvalue weighted by atomic mass is 9.79. The molecule has 10 nitrogen and oxygen atoms in total. The standard InChI is InChI=1S/C32H38N2O8S/c1-7-8-9-27-33-17-26(34(27)5)32(22-12-11-21(38-6)15-24(22)39-18-28(35)42-30(2,3)4)31(43-32,29(36)37)16-20-10-13-23-25(14-20)41-19-40-23/h10-15,17H,7-9,16,18-19H2,1-6H3,(H,36,37). The highest BCUT2D eigenvalue weighted by Crippen LogP contribution is 2.75. The lowest BCUT2D eigenvalue weighted by Crippen LogP contribution is -2.37. The first-order valence-electron chi connectivity index (χ1n) is 14.3. The van der Waals surface area contributed by atoms with E-state index in [4.69, 9.17) is 28.7 Å². The van der Waals surface area contributed by atoms with E-state index in [9.17, 15) is 14.7 Å². The quantitative estimate of drug-likeness (QED) is 0.214. The van der Waals surface area contributed by atoms with Crippen LogP contribution in [0.3, 0.4) is 0 Å². The summed E-state index contributed by atoms with van der Waals surface area (Å²) in [5, 5.41) is 10.9. The summed E-state index contributed by atoms with van der Waals surface area (Å²) in [7, 11) is 3.46. The SMILES string of the molecule is CCCCc1ncc(C2(c3ccc(OC)cc3OCC(=O)OC(C)(C)C)SC2(Cc2ccc3c(c2)OCO3)C(=O)O)n1C. The van der Waals surface area contributed by atoms with Gasteiger partial charge in [0.05, 0.1) is 19.0 Å². The minimum absolute atomic E-state index is 0.126. The van der Waals surface area contributed by atoms with Gasteiger partial charge in [-0.25, -0.2) is 9.78 Å². The number of unbranched alkanes of at least 4 members (excludes halogenated alkanes) is 1. The summed E-state index contributed by atoms with van der Waals surface area (Å²) in [6.45, 7) is 7.25. The van der Waals surface area contributed by atoms with Crippen LogP contribution >= 0.6 is 11.8 Å². The molecule has 230 valence electrons. The van der Waals surface area contributed by atoms with Crippen LogP contribution in [0.1, 0.15) is 63.2 Å². The van der Waals surface area contributed by atoms with Crippen molar-refractivity contribution in [2.75, 3.05) is 20.5 Å². The number of benzene rings is 2. The number of rotatable bonds is 12. The first-order chi connectivity index (χ1) is 20.4. The molecule has 0 aliphatic carbocycles. The monoisotopic (exact) mass is 610 g/mol. The van der Waals surface area contributed by atoms with E-state index < -0.39 is 27.0 Å². The zero-order valence-corrected chi connectivity index (χ0v) is 26.2. The van der Waals surface area contributed by atoms with Gasteiger partial charge in [-0.15, -0.1) is 11.8 Å². The minimum Gasteiger partial charge on any atom is -0.497 e. The molecule has 0 saturated carbocycles. The van der Waals surface area contributed by atoms with Crippen molar-refractivity contribution in [3.05, 3.63) is 65.2 Å². The van der Waals surface area contributed by atoms with Gasteiger partial charge in [0.15, 0.2) is 18.1 Å². The lowest BCUT2D eigenvalue weighted by molar-refractivity contribution is -0.157. The predicted octanol–water partition coefficient (Wildman–Crippen LogP) is 5.28. The van der Waals surface area contributed by atoms with E-state index >= 15 is 0 Å². The Morgan fingerprint density at radius 1 is 1.14 bits per heavy atom. The largest absolute Gasteiger partial charge is 0.497 e. The molecule has 1 saturated heterocycles. The van der Waals surface area contributed by atoms with Crippen molar-refractivity contribution < 1.29 is 38.4 Å². The molecule has 3 aromatic rings. The van der Waals surface area contributed by atoms with E-state index in [-0.39, 0.29) is 19.8 Å². The molecule has 43 heavy (non-hydrogen) atoms. The van der Waals surface area contributed by atoms with Gasteiger partial charge in [-0.3, -0.25) is 4.79 Å². The maximum absolute atomic E-state index is 13.4. The van der Waals surface area contributed by atoms with Crippen LogP contribution in [0.25, 0.3) is 0 Å². The number of methoxy groups -OCH3 is 1. The molecule has 2 atom stereocenters. The molecule has 11 heteroatoms. The summed E-state index contributed by atoms with van der Waals surface area (Å²) in [4.78, 5) is 30.8. The third-order valence-corrected chi connectivity index (χ3v) is 9.48. The fourth-order valence-corrected chi connectivity index (χ4v) is 7.31. The number of aryl methyl sites for hydroxylation is 1. The summed E-state index contributed by atoms with van der Waals surface area (Å²) in [5.41, 5.74) is 1.45. The summed E-state index contributed by atoms with van der Waals surface area (Å²) in [5.74, 6) is 1.42. The number of nitrogens with zero attached hydrogens (tertiary/aromatic N) is 2. The number of carbonyl (C=O) groups is 2. The number of imidazole rings is 1. The molecule has 2 aliphatic rings. The summed E-state index contributed by atoms with van der Waals surface area (Å²) in [6.07, 6.45) is 4.69. The maximum Gasteiger partial charge on any atom is 0.344 e. The Labute approximate surface area is 255 Å². The molecule has 3 heterocycles. The Bertz CT molecular complexity index is 1530. The van der Waals surface area contributed by atoms with Crippen LogP contribution in [-0.4, -0.2) is 57.5 Å². The van der Waals surface area contributed by atoms with Gasteiger partial charge in [0.1, 0.15) is 32.4 Å². The molecule has 2 aliphatic heterocycles. The summed E-state index contributed by atoms with van der Waals surface area (Å²) < 4.78 is 27.7. The second-order valence-corrected chi connectivity index (χ2v) is 13.3. The molecule has 5 rings (SSSR count). The lowest BCUT2D eigenvalue weighted by Gasteiger charge is -2.25. The van der Waals surface area contributed by atoms with Crippen molar-refractivity contribution >= 4 is 23.7 Å². The average Bonchev–Trinajstić information content (AvgIpc) is 3.20. The van der Waals surface area contributed by atoms with Crippen LogP contribution in [0, 0.1) is 0 Å². The van der Waals surface area contributed by atoms with Gasteiger partial charge in [0.2, 0.25) is 6.79 Å². The van der Waals surface area contributed by atoms with Gasteiger partial charge in [-0.2, -0.15) is 0 Å².